The van der Waals surface area contributed by atoms with Crippen molar-refractivity contribution in [1.29, 1.82) is 0 Å². The van der Waals surface area contributed by atoms with Gasteiger partial charge in [-0.1, -0.05) is 0 Å². The van der Waals surface area contributed by atoms with Crippen LogP contribution in [0.5, 0.6) is 0 Å². The Hall–Kier alpha value is -4.42. The van der Waals surface area contributed by atoms with Crippen LogP contribution in [0.4, 0.5) is 5.69 Å². The van der Waals surface area contributed by atoms with E-state index in [1.165, 1.54) is 12.1 Å². The molecule has 2 aromatic rings. The summed E-state index contributed by atoms with van der Waals surface area (Å²) < 4.78 is 5.27. The third-order valence-electron chi connectivity index (χ3n) is 5.28. The van der Waals surface area contributed by atoms with E-state index in [1.807, 2.05) is 0 Å². The number of guanidine groups is 1. The van der Waals surface area contributed by atoms with E-state index in [4.69, 9.17) is 26.7 Å². The van der Waals surface area contributed by atoms with Gasteiger partial charge in [-0.25, -0.2) is 4.79 Å². The summed E-state index contributed by atoms with van der Waals surface area (Å²) in [5.41, 5.74) is 16.8. The third-order valence-corrected chi connectivity index (χ3v) is 5.28. The molecule has 0 aliphatic rings. The van der Waals surface area contributed by atoms with Crippen LogP contribution in [0.15, 0.2) is 38.5 Å². The molecule has 8 N–H and O–H groups in total. The van der Waals surface area contributed by atoms with Crippen LogP contribution in [0.25, 0.3) is 11.0 Å². The summed E-state index contributed by atoms with van der Waals surface area (Å²) in [4.78, 5) is 65.2. The number of nitrogens with two attached hydrogens (primary N) is 3. The number of hydrogen-bond acceptors (Lipinski definition) is 7. The van der Waals surface area contributed by atoms with E-state index in [0.717, 1.165) is 4.90 Å². The van der Waals surface area contributed by atoms with E-state index in [9.17, 15) is 24.0 Å². The molecule has 36 heavy (non-hydrogen) atoms. The van der Waals surface area contributed by atoms with Crippen molar-refractivity contribution >= 4 is 46.3 Å². The molecule has 0 aliphatic heterocycles. The number of carboxylic acid groups (broad SMARTS) is 1. The summed E-state index contributed by atoms with van der Waals surface area (Å²) in [7, 11) is 0. The SMILES string of the molecule is Cc1cc(=O)oc2cc(N(C(=O)CNC(=O)CCCC(=O)O)C(CCCN=C(N)N)C(N)=O)ccc12. The van der Waals surface area contributed by atoms with Gasteiger partial charge in [-0.05, 0) is 43.9 Å². The number of aliphatic imine (C=N–C) groups is 1. The Morgan fingerprint density at radius 3 is 2.47 bits per heavy atom. The number of hydrogen-bond donors (Lipinski definition) is 5. The molecule has 13 nitrogen and oxygen atoms in total. The number of nitrogens with one attached hydrogen (secondary N) is 1. The molecular formula is C23H30N6O7. The van der Waals surface area contributed by atoms with Gasteiger partial charge in [0.25, 0.3) is 0 Å². The van der Waals surface area contributed by atoms with Crippen molar-refractivity contribution in [3.05, 3.63) is 40.2 Å². The number of carbonyl (C=O) groups excluding carboxylic acids is 3. The van der Waals surface area contributed by atoms with Gasteiger partial charge >= 0.3 is 11.6 Å². The largest absolute Gasteiger partial charge is 0.481 e. The number of aliphatic carboxylic acids is 1. The van der Waals surface area contributed by atoms with Gasteiger partial charge in [0.15, 0.2) is 5.96 Å². The van der Waals surface area contributed by atoms with Crippen molar-refractivity contribution in [3.8, 4) is 0 Å². The second-order valence-corrected chi connectivity index (χ2v) is 8.08. The summed E-state index contributed by atoms with van der Waals surface area (Å²) in [6.45, 7) is 1.46. The minimum absolute atomic E-state index is 0.0856. The Morgan fingerprint density at radius 1 is 1.11 bits per heavy atom. The van der Waals surface area contributed by atoms with Crippen molar-refractivity contribution in [1.82, 2.24) is 5.32 Å². The van der Waals surface area contributed by atoms with E-state index in [0.29, 0.717) is 17.4 Å². The molecule has 13 heteroatoms. The number of primary amides is 1. The van der Waals surface area contributed by atoms with Gasteiger partial charge in [0, 0.05) is 42.6 Å². The van der Waals surface area contributed by atoms with Gasteiger partial charge in [0.2, 0.25) is 17.7 Å². The topological polar surface area (TPSA) is 224 Å². The van der Waals surface area contributed by atoms with Gasteiger partial charge in [0.05, 0.1) is 6.54 Å². The van der Waals surface area contributed by atoms with Crippen molar-refractivity contribution < 1.29 is 28.7 Å². The van der Waals surface area contributed by atoms with Crippen molar-refractivity contribution in [3.63, 3.8) is 0 Å². The molecule has 0 radical (unpaired) electrons. The van der Waals surface area contributed by atoms with Crippen LogP contribution in [0.3, 0.4) is 0 Å². The van der Waals surface area contributed by atoms with Gasteiger partial charge in [-0.2, -0.15) is 0 Å². The average molecular weight is 503 g/mol. The molecule has 194 valence electrons. The number of carbonyl (C=O) groups is 4. The van der Waals surface area contributed by atoms with E-state index >= 15 is 0 Å². The van der Waals surface area contributed by atoms with Crippen molar-refractivity contribution in [2.45, 2.75) is 45.1 Å². The van der Waals surface area contributed by atoms with Crippen LogP contribution in [0.1, 0.15) is 37.7 Å². The summed E-state index contributed by atoms with van der Waals surface area (Å²) >= 11 is 0. The number of fused-ring (bicyclic) bond motifs is 1. The fourth-order valence-corrected chi connectivity index (χ4v) is 3.60. The Bertz CT molecular complexity index is 1220. The second-order valence-electron chi connectivity index (χ2n) is 8.08. The molecule has 1 unspecified atom stereocenters. The lowest BCUT2D eigenvalue weighted by Gasteiger charge is -2.30. The summed E-state index contributed by atoms with van der Waals surface area (Å²) in [6.07, 6.45) is 0.266. The van der Waals surface area contributed by atoms with Gasteiger partial charge < -0.3 is 32.0 Å². The average Bonchev–Trinajstić information content (AvgIpc) is 2.78. The molecule has 2 rings (SSSR count). The van der Waals surface area contributed by atoms with E-state index in [1.54, 1.807) is 19.1 Å². The molecule has 0 spiro atoms. The molecule has 1 heterocycles. The Balaban J connectivity index is 2.34. The van der Waals surface area contributed by atoms with Crippen molar-refractivity contribution in [2.75, 3.05) is 18.0 Å². The lowest BCUT2D eigenvalue weighted by Crippen LogP contribution is -2.51. The number of amides is 3. The Kier molecular flexibility index (Phi) is 9.95. The lowest BCUT2D eigenvalue weighted by atomic mass is 10.1. The first-order valence-corrected chi connectivity index (χ1v) is 11.2. The summed E-state index contributed by atoms with van der Waals surface area (Å²) in [5.74, 6) is -3.13. The quantitative estimate of drug-likeness (QED) is 0.105. The number of aryl methyl sites for hydroxylation is 1. The monoisotopic (exact) mass is 502 g/mol. The number of nitrogens with zero attached hydrogens (tertiary/aromatic N) is 2. The van der Waals surface area contributed by atoms with Crippen LogP contribution in [0, 0.1) is 6.92 Å². The zero-order valence-corrected chi connectivity index (χ0v) is 19.9. The maximum absolute atomic E-state index is 13.2. The van der Waals surface area contributed by atoms with E-state index in [2.05, 4.69) is 10.3 Å². The predicted octanol–water partition coefficient (Wildman–Crippen LogP) is -0.287. The highest BCUT2D eigenvalue weighted by molar-refractivity contribution is 6.03. The van der Waals surface area contributed by atoms with E-state index < -0.39 is 41.9 Å². The fraction of sp³-hybridized carbons (Fsp3) is 0.391. The first-order chi connectivity index (χ1) is 17.0. The molecule has 1 aromatic heterocycles. The van der Waals surface area contributed by atoms with Gasteiger partial charge in [-0.15, -0.1) is 0 Å². The van der Waals surface area contributed by atoms with Crippen LogP contribution >= 0.6 is 0 Å². The maximum atomic E-state index is 13.2. The van der Waals surface area contributed by atoms with Crippen LogP contribution in [0.2, 0.25) is 0 Å². The molecule has 0 saturated heterocycles. The molecule has 0 aliphatic carbocycles. The lowest BCUT2D eigenvalue weighted by molar-refractivity contribution is -0.137. The highest BCUT2D eigenvalue weighted by atomic mass is 16.4. The first-order valence-electron chi connectivity index (χ1n) is 11.2. The molecular weight excluding hydrogens is 472 g/mol. The van der Waals surface area contributed by atoms with Crippen LogP contribution in [-0.2, 0) is 19.2 Å². The minimum Gasteiger partial charge on any atom is -0.481 e. The van der Waals surface area contributed by atoms with Crippen molar-refractivity contribution in [2.24, 2.45) is 22.2 Å². The molecule has 0 bridgehead atoms. The number of rotatable bonds is 13. The second kappa shape index (κ2) is 12.9. The molecule has 3 amide bonds. The zero-order valence-electron chi connectivity index (χ0n) is 19.9. The Morgan fingerprint density at radius 2 is 1.83 bits per heavy atom. The normalized spacial score (nSPS) is 11.5. The summed E-state index contributed by atoms with van der Waals surface area (Å²) in [6, 6.07) is 4.88. The highest BCUT2D eigenvalue weighted by Crippen LogP contribution is 2.26. The number of carboxylic acids is 1. The predicted molar refractivity (Wildman–Crippen MR) is 132 cm³/mol. The highest BCUT2D eigenvalue weighted by Gasteiger charge is 2.30. The molecule has 0 fully saturated rings. The Labute approximate surface area is 206 Å². The molecule has 1 atom stereocenters. The van der Waals surface area contributed by atoms with E-state index in [-0.39, 0.29) is 49.5 Å². The molecule has 0 saturated carbocycles. The fourth-order valence-electron chi connectivity index (χ4n) is 3.60. The smallest absolute Gasteiger partial charge is 0.336 e. The maximum Gasteiger partial charge on any atom is 0.336 e. The summed E-state index contributed by atoms with van der Waals surface area (Å²) in [5, 5.41) is 11.8. The van der Waals surface area contributed by atoms with Gasteiger partial charge in [-0.3, -0.25) is 29.1 Å². The first kappa shape index (κ1) is 27.8. The van der Waals surface area contributed by atoms with Crippen LogP contribution in [-0.4, -0.2) is 53.9 Å². The minimum atomic E-state index is -1.12. The van der Waals surface area contributed by atoms with Gasteiger partial charge in [0.1, 0.15) is 11.6 Å². The van der Waals surface area contributed by atoms with Crippen LogP contribution < -0.4 is 33.0 Å². The molecule has 1 aromatic carbocycles. The zero-order chi connectivity index (χ0) is 26.8. The number of benzene rings is 1. The standard InChI is InChI=1S/C23H30N6O7/c1-13-10-21(34)36-17-11-14(7-8-15(13)17)29(16(22(24)35)4-3-9-27-23(25)26)19(31)12-28-18(30)5-2-6-20(32)33/h7-8,10-11,16H,2-6,9,12H2,1H3,(H2,24,35)(H,28,30)(H,32,33)(H4,25,26,27). The third kappa shape index (κ3) is 8.11. The number of anilines is 1.